The molecule has 0 aliphatic heterocycles. The second-order valence-corrected chi connectivity index (χ2v) is 5.06. The average Bonchev–Trinajstić information content (AvgIpc) is 2.88. The monoisotopic (exact) mass is 268 g/mol. The fourth-order valence-electron chi connectivity index (χ4n) is 1.77. The van der Waals surface area contributed by atoms with E-state index >= 15 is 0 Å². The van der Waals surface area contributed by atoms with E-state index in [-0.39, 0.29) is 0 Å². The van der Waals surface area contributed by atoms with Crippen molar-refractivity contribution in [1.82, 2.24) is 10.2 Å². The molecule has 1 aromatic heterocycles. The van der Waals surface area contributed by atoms with E-state index < -0.39 is 0 Å². The molecule has 0 N–H and O–H groups in total. The van der Waals surface area contributed by atoms with Gasteiger partial charge in [0.15, 0.2) is 0 Å². The Hall–Kier alpha value is -2.00. The largest absolute Gasteiger partial charge is 0.148 e. The summed E-state index contributed by atoms with van der Waals surface area (Å²) in [5.74, 6) is 0. The van der Waals surface area contributed by atoms with E-state index in [4.69, 9.17) is 0 Å². The van der Waals surface area contributed by atoms with E-state index in [0.717, 1.165) is 21.2 Å². The van der Waals surface area contributed by atoms with Gasteiger partial charge in [0.1, 0.15) is 10.0 Å². The Morgan fingerprint density at radius 3 is 2.74 bits per heavy atom. The van der Waals surface area contributed by atoms with Crippen LogP contribution in [0.25, 0.3) is 16.1 Å². The molecule has 0 amide bonds. The van der Waals surface area contributed by atoms with Crippen LogP contribution in [0.15, 0.2) is 55.1 Å². The molecule has 0 fully saturated rings. The molecule has 0 saturated heterocycles. The zero-order valence-corrected chi connectivity index (χ0v) is 11.9. The standard InChI is InChI=1S/C16H16N2S/c1-4-8-13(9-5-2)15-17-18-16(19-15)14-11-7-6-10-12(14)3/h4-11H,1H2,2-3H3/b9-5-,13-8+. The number of nitrogens with zero attached hydrogens (tertiary/aromatic N) is 2. The maximum atomic E-state index is 4.29. The lowest BCUT2D eigenvalue weighted by Crippen LogP contribution is -1.81. The minimum Gasteiger partial charge on any atom is -0.138 e. The van der Waals surface area contributed by atoms with E-state index in [1.165, 1.54) is 5.56 Å². The second-order valence-electron chi connectivity index (χ2n) is 4.08. The van der Waals surface area contributed by atoms with Crippen LogP contribution in [0.5, 0.6) is 0 Å². The Morgan fingerprint density at radius 2 is 2.05 bits per heavy atom. The van der Waals surface area contributed by atoms with Crippen molar-refractivity contribution in [2.24, 2.45) is 0 Å². The fourth-order valence-corrected chi connectivity index (χ4v) is 2.71. The maximum Gasteiger partial charge on any atom is 0.148 e. The zero-order chi connectivity index (χ0) is 13.7. The molecule has 0 aliphatic carbocycles. The first kappa shape index (κ1) is 13.4. The van der Waals surface area contributed by atoms with Crippen molar-refractivity contribution in [3.8, 4) is 10.6 Å². The summed E-state index contributed by atoms with van der Waals surface area (Å²) < 4.78 is 0. The molecular formula is C16H16N2S. The number of hydrogen-bond donors (Lipinski definition) is 0. The summed E-state index contributed by atoms with van der Waals surface area (Å²) in [5, 5.41) is 10.4. The topological polar surface area (TPSA) is 25.8 Å². The number of aromatic nitrogens is 2. The number of allylic oxidation sites excluding steroid dienone is 5. The number of hydrogen-bond acceptors (Lipinski definition) is 3. The molecule has 2 rings (SSSR count). The maximum absolute atomic E-state index is 4.29. The summed E-state index contributed by atoms with van der Waals surface area (Å²) in [7, 11) is 0. The van der Waals surface area contributed by atoms with Crippen LogP contribution in [-0.4, -0.2) is 10.2 Å². The van der Waals surface area contributed by atoms with Gasteiger partial charge >= 0.3 is 0 Å². The van der Waals surface area contributed by atoms with Gasteiger partial charge in [0.05, 0.1) is 0 Å². The molecule has 0 saturated carbocycles. The third-order valence-electron chi connectivity index (χ3n) is 2.69. The van der Waals surface area contributed by atoms with Gasteiger partial charge in [-0.05, 0) is 19.4 Å². The molecule has 2 nitrogen and oxygen atoms in total. The van der Waals surface area contributed by atoms with Crippen LogP contribution in [-0.2, 0) is 0 Å². The Balaban J connectivity index is 2.41. The van der Waals surface area contributed by atoms with Gasteiger partial charge in [0.25, 0.3) is 0 Å². The smallest absolute Gasteiger partial charge is 0.138 e. The van der Waals surface area contributed by atoms with E-state index in [0.29, 0.717) is 0 Å². The lowest BCUT2D eigenvalue weighted by molar-refractivity contribution is 1.08. The minimum atomic E-state index is 0.913. The summed E-state index contributed by atoms with van der Waals surface area (Å²) in [5.41, 5.74) is 3.39. The first-order valence-corrected chi connectivity index (χ1v) is 6.93. The molecule has 0 unspecified atom stereocenters. The molecule has 0 atom stereocenters. The van der Waals surface area contributed by atoms with E-state index in [1.807, 2.05) is 37.3 Å². The first-order valence-electron chi connectivity index (χ1n) is 6.11. The van der Waals surface area contributed by atoms with Gasteiger partial charge < -0.3 is 0 Å². The molecular weight excluding hydrogens is 252 g/mol. The zero-order valence-electron chi connectivity index (χ0n) is 11.1. The van der Waals surface area contributed by atoms with Gasteiger partial charge in [-0.15, -0.1) is 10.2 Å². The Kier molecular flexibility index (Phi) is 4.42. The van der Waals surface area contributed by atoms with Crippen LogP contribution in [0.1, 0.15) is 17.5 Å². The molecule has 0 radical (unpaired) electrons. The highest BCUT2D eigenvalue weighted by Crippen LogP contribution is 2.29. The minimum absolute atomic E-state index is 0.913. The highest BCUT2D eigenvalue weighted by atomic mass is 32.1. The van der Waals surface area contributed by atoms with Crippen molar-refractivity contribution >= 4 is 16.9 Å². The van der Waals surface area contributed by atoms with Gasteiger partial charge in [0, 0.05) is 11.1 Å². The quantitative estimate of drug-likeness (QED) is 0.754. The Bertz CT molecular complexity index is 636. The molecule has 3 heteroatoms. The van der Waals surface area contributed by atoms with Crippen LogP contribution >= 0.6 is 11.3 Å². The Labute approximate surface area is 117 Å². The van der Waals surface area contributed by atoms with Crippen molar-refractivity contribution in [1.29, 1.82) is 0 Å². The summed E-state index contributed by atoms with van der Waals surface area (Å²) >= 11 is 1.60. The lowest BCUT2D eigenvalue weighted by Gasteiger charge is -1.99. The fraction of sp³-hybridized carbons (Fsp3) is 0.125. The molecule has 19 heavy (non-hydrogen) atoms. The van der Waals surface area contributed by atoms with Gasteiger partial charge in [0.2, 0.25) is 0 Å². The summed E-state index contributed by atoms with van der Waals surface area (Å²) in [6.07, 6.45) is 7.72. The van der Waals surface area contributed by atoms with Gasteiger partial charge in [-0.25, -0.2) is 0 Å². The van der Waals surface area contributed by atoms with Crippen LogP contribution in [0.3, 0.4) is 0 Å². The second kappa shape index (κ2) is 6.25. The predicted molar refractivity (Wildman–Crippen MR) is 83.1 cm³/mol. The molecule has 0 spiro atoms. The number of rotatable bonds is 4. The molecule has 1 heterocycles. The van der Waals surface area contributed by atoms with Crippen molar-refractivity contribution in [2.45, 2.75) is 13.8 Å². The normalized spacial score (nSPS) is 12.0. The predicted octanol–water partition coefficient (Wildman–Crippen LogP) is 4.66. The first-order chi connectivity index (χ1) is 9.26. The molecule has 2 aromatic rings. The molecule has 0 aliphatic rings. The van der Waals surface area contributed by atoms with Crippen LogP contribution < -0.4 is 0 Å². The molecule has 0 bridgehead atoms. The van der Waals surface area contributed by atoms with Gasteiger partial charge in [-0.1, -0.05) is 66.5 Å². The molecule has 1 aromatic carbocycles. The Morgan fingerprint density at radius 1 is 1.26 bits per heavy atom. The average molecular weight is 268 g/mol. The van der Waals surface area contributed by atoms with Crippen molar-refractivity contribution < 1.29 is 0 Å². The highest BCUT2D eigenvalue weighted by molar-refractivity contribution is 7.15. The SMILES string of the molecule is C=C/C=C(\C=C/C)c1nnc(-c2ccccc2C)s1. The van der Waals surface area contributed by atoms with E-state index in [9.17, 15) is 0 Å². The molecule has 96 valence electrons. The third-order valence-corrected chi connectivity index (χ3v) is 3.70. The summed E-state index contributed by atoms with van der Waals surface area (Å²) in [4.78, 5) is 0. The van der Waals surface area contributed by atoms with Crippen LogP contribution in [0, 0.1) is 6.92 Å². The van der Waals surface area contributed by atoms with E-state index in [2.05, 4.69) is 35.8 Å². The van der Waals surface area contributed by atoms with Gasteiger partial charge in [-0.2, -0.15) is 0 Å². The van der Waals surface area contributed by atoms with Gasteiger partial charge in [-0.3, -0.25) is 0 Å². The van der Waals surface area contributed by atoms with Crippen molar-refractivity contribution in [2.75, 3.05) is 0 Å². The number of aryl methyl sites for hydroxylation is 1. The summed E-state index contributed by atoms with van der Waals surface area (Å²) in [6, 6.07) is 8.22. The van der Waals surface area contributed by atoms with E-state index in [1.54, 1.807) is 17.4 Å². The number of benzene rings is 1. The highest BCUT2D eigenvalue weighted by Gasteiger charge is 2.10. The van der Waals surface area contributed by atoms with Crippen molar-refractivity contribution in [3.05, 3.63) is 65.7 Å². The summed E-state index contributed by atoms with van der Waals surface area (Å²) in [6.45, 7) is 7.81. The lowest BCUT2D eigenvalue weighted by atomic mass is 10.1. The van der Waals surface area contributed by atoms with Crippen LogP contribution in [0.2, 0.25) is 0 Å². The third kappa shape index (κ3) is 3.06. The van der Waals surface area contributed by atoms with Crippen molar-refractivity contribution in [3.63, 3.8) is 0 Å². The van der Waals surface area contributed by atoms with Crippen LogP contribution in [0.4, 0.5) is 0 Å².